The summed E-state index contributed by atoms with van der Waals surface area (Å²) in [6.45, 7) is 7.00. The first-order valence-corrected chi connectivity index (χ1v) is 8.06. The molecule has 22 heavy (non-hydrogen) atoms. The number of amides is 2. The standard InChI is InChI=1S/C16H19N3O2S/c1-4-19(5-2)15(21)13-10-22-16(17-13)18-14(20)12-9-7-6-8-11(12)3/h6-10H,4-5H2,1-3H3,(H,17,18,20). The predicted molar refractivity (Wildman–Crippen MR) is 88.5 cm³/mol. The van der Waals surface area contributed by atoms with Crippen LogP contribution >= 0.6 is 11.3 Å². The maximum absolute atomic E-state index is 12.2. The molecular formula is C16H19N3O2S. The first kappa shape index (κ1) is 16.2. The summed E-state index contributed by atoms with van der Waals surface area (Å²) in [7, 11) is 0. The maximum atomic E-state index is 12.2. The number of anilines is 1. The highest BCUT2D eigenvalue weighted by molar-refractivity contribution is 7.14. The van der Waals surface area contributed by atoms with E-state index >= 15 is 0 Å². The van der Waals surface area contributed by atoms with Gasteiger partial charge in [0.1, 0.15) is 5.69 Å². The Labute approximate surface area is 134 Å². The van der Waals surface area contributed by atoms with Crippen molar-refractivity contribution in [1.82, 2.24) is 9.88 Å². The Bertz CT molecular complexity index is 678. The number of rotatable bonds is 5. The van der Waals surface area contributed by atoms with E-state index in [1.807, 2.05) is 39.0 Å². The van der Waals surface area contributed by atoms with Gasteiger partial charge >= 0.3 is 0 Å². The fourth-order valence-corrected chi connectivity index (χ4v) is 2.77. The van der Waals surface area contributed by atoms with Crippen molar-refractivity contribution in [2.75, 3.05) is 18.4 Å². The number of nitrogens with one attached hydrogen (secondary N) is 1. The first-order chi connectivity index (χ1) is 10.6. The second-order valence-corrected chi connectivity index (χ2v) is 5.64. The molecule has 0 unspecified atom stereocenters. The molecule has 2 amide bonds. The number of carbonyl (C=O) groups is 2. The summed E-state index contributed by atoms with van der Waals surface area (Å²) in [6.07, 6.45) is 0. The van der Waals surface area contributed by atoms with E-state index in [0.29, 0.717) is 29.5 Å². The minimum Gasteiger partial charge on any atom is -0.338 e. The predicted octanol–water partition coefficient (Wildman–Crippen LogP) is 3.19. The lowest BCUT2D eigenvalue weighted by molar-refractivity contribution is 0.0767. The fraction of sp³-hybridized carbons (Fsp3) is 0.312. The minimum absolute atomic E-state index is 0.113. The molecule has 0 radical (unpaired) electrons. The Morgan fingerprint density at radius 2 is 1.91 bits per heavy atom. The Kier molecular flexibility index (Phi) is 5.27. The summed E-state index contributed by atoms with van der Waals surface area (Å²) >= 11 is 1.25. The molecule has 5 nitrogen and oxygen atoms in total. The Morgan fingerprint density at radius 1 is 1.23 bits per heavy atom. The Balaban J connectivity index is 2.11. The summed E-state index contributed by atoms with van der Waals surface area (Å²) in [5.41, 5.74) is 1.87. The van der Waals surface area contributed by atoms with Crippen molar-refractivity contribution in [3.8, 4) is 0 Å². The van der Waals surface area contributed by atoms with E-state index in [-0.39, 0.29) is 11.8 Å². The number of nitrogens with zero attached hydrogens (tertiary/aromatic N) is 2. The van der Waals surface area contributed by atoms with Crippen molar-refractivity contribution in [2.24, 2.45) is 0 Å². The molecule has 0 saturated carbocycles. The van der Waals surface area contributed by atoms with E-state index in [2.05, 4.69) is 10.3 Å². The molecule has 2 aromatic rings. The first-order valence-electron chi connectivity index (χ1n) is 7.18. The van der Waals surface area contributed by atoms with Gasteiger partial charge in [0, 0.05) is 24.0 Å². The van der Waals surface area contributed by atoms with Crippen molar-refractivity contribution in [1.29, 1.82) is 0 Å². The van der Waals surface area contributed by atoms with Gasteiger partial charge in [0.25, 0.3) is 11.8 Å². The van der Waals surface area contributed by atoms with Crippen LogP contribution in [-0.4, -0.2) is 34.8 Å². The molecule has 0 spiro atoms. The molecule has 1 aromatic heterocycles. The van der Waals surface area contributed by atoms with Crippen molar-refractivity contribution in [3.05, 3.63) is 46.5 Å². The molecule has 1 N–H and O–H groups in total. The van der Waals surface area contributed by atoms with Crippen LogP contribution in [0.5, 0.6) is 0 Å². The topological polar surface area (TPSA) is 62.3 Å². The van der Waals surface area contributed by atoms with Crippen LogP contribution in [0, 0.1) is 6.92 Å². The van der Waals surface area contributed by atoms with Crippen LogP contribution in [0.3, 0.4) is 0 Å². The van der Waals surface area contributed by atoms with Crippen LogP contribution < -0.4 is 5.32 Å². The largest absolute Gasteiger partial charge is 0.338 e. The summed E-state index contributed by atoms with van der Waals surface area (Å²) in [5, 5.41) is 4.86. The van der Waals surface area contributed by atoms with E-state index in [9.17, 15) is 9.59 Å². The summed E-state index contributed by atoms with van der Waals surface area (Å²) in [5.74, 6) is -0.327. The highest BCUT2D eigenvalue weighted by Crippen LogP contribution is 2.18. The van der Waals surface area contributed by atoms with Gasteiger partial charge in [-0.25, -0.2) is 4.98 Å². The molecule has 1 aromatic carbocycles. The van der Waals surface area contributed by atoms with E-state index in [1.54, 1.807) is 16.3 Å². The molecule has 0 aliphatic heterocycles. The van der Waals surface area contributed by atoms with Gasteiger partial charge in [0.15, 0.2) is 5.13 Å². The maximum Gasteiger partial charge on any atom is 0.273 e. The number of thiazole rings is 1. The molecule has 0 bridgehead atoms. The molecule has 6 heteroatoms. The molecule has 0 atom stereocenters. The van der Waals surface area contributed by atoms with E-state index in [0.717, 1.165) is 5.56 Å². The zero-order chi connectivity index (χ0) is 16.1. The van der Waals surface area contributed by atoms with Crippen LogP contribution in [-0.2, 0) is 0 Å². The van der Waals surface area contributed by atoms with Gasteiger partial charge in [-0.05, 0) is 32.4 Å². The SMILES string of the molecule is CCN(CC)C(=O)c1csc(NC(=O)c2ccccc2C)n1. The number of aryl methyl sites for hydroxylation is 1. The van der Waals surface area contributed by atoms with Crippen molar-refractivity contribution < 1.29 is 9.59 Å². The Morgan fingerprint density at radius 3 is 2.55 bits per heavy atom. The molecule has 1 heterocycles. The van der Waals surface area contributed by atoms with E-state index in [1.165, 1.54) is 11.3 Å². The monoisotopic (exact) mass is 317 g/mol. The van der Waals surface area contributed by atoms with Crippen molar-refractivity contribution >= 4 is 28.3 Å². The zero-order valence-corrected chi connectivity index (χ0v) is 13.7. The zero-order valence-electron chi connectivity index (χ0n) is 12.9. The lowest BCUT2D eigenvalue weighted by Crippen LogP contribution is -2.30. The van der Waals surface area contributed by atoms with Crippen LogP contribution in [0.1, 0.15) is 40.3 Å². The highest BCUT2D eigenvalue weighted by atomic mass is 32.1. The van der Waals surface area contributed by atoms with Gasteiger partial charge in [0.2, 0.25) is 0 Å². The van der Waals surface area contributed by atoms with Crippen LogP contribution in [0.2, 0.25) is 0 Å². The lowest BCUT2D eigenvalue weighted by Gasteiger charge is -2.16. The highest BCUT2D eigenvalue weighted by Gasteiger charge is 2.17. The van der Waals surface area contributed by atoms with Crippen molar-refractivity contribution in [2.45, 2.75) is 20.8 Å². The van der Waals surface area contributed by atoms with E-state index in [4.69, 9.17) is 0 Å². The average Bonchev–Trinajstić information content (AvgIpc) is 2.97. The average molecular weight is 317 g/mol. The number of benzene rings is 1. The molecule has 2 rings (SSSR count). The van der Waals surface area contributed by atoms with Crippen LogP contribution in [0.25, 0.3) is 0 Å². The van der Waals surface area contributed by atoms with Gasteiger partial charge in [-0.15, -0.1) is 11.3 Å². The van der Waals surface area contributed by atoms with E-state index < -0.39 is 0 Å². The third-order valence-electron chi connectivity index (χ3n) is 3.38. The number of carbonyl (C=O) groups excluding carboxylic acids is 2. The summed E-state index contributed by atoms with van der Waals surface area (Å²) in [6, 6.07) is 7.35. The third-order valence-corrected chi connectivity index (χ3v) is 4.14. The van der Waals surface area contributed by atoms with Gasteiger partial charge < -0.3 is 4.90 Å². The van der Waals surface area contributed by atoms with Gasteiger partial charge in [-0.1, -0.05) is 18.2 Å². The van der Waals surface area contributed by atoms with Gasteiger partial charge in [-0.2, -0.15) is 0 Å². The third kappa shape index (κ3) is 3.51. The number of aromatic nitrogens is 1. The van der Waals surface area contributed by atoms with Crippen LogP contribution in [0.4, 0.5) is 5.13 Å². The molecule has 116 valence electrons. The minimum atomic E-state index is -0.214. The molecule has 0 aliphatic carbocycles. The van der Waals surface area contributed by atoms with Crippen molar-refractivity contribution in [3.63, 3.8) is 0 Å². The molecular weight excluding hydrogens is 298 g/mol. The van der Waals surface area contributed by atoms with Gasteiger partial charge in [-0.3, -0.25) is 14.9 Å². The summed E-state index contributed by atoms with van der Waals surface area (Å²) < 4.78 is 0. The second-order valence-electron chi connectivity index (χ2n) is 4.78. The number of hydrogen-bond donors (Lipinski definition) is 1. The molecule has 0 saturated heterocycles. The smallest absolute Gasteiger partial charge is 0.273 e. The van der Waals surface area contributed by atoms with Crippen LogP contribution in [0.15, 0.2) is 29.6 Å². The summed E-state index contributed by atoms with van der Waals surface area (Å²) in [4.78, 5) is 30.3. The fourth-order valence-electron chi connectivity index (χ4n) is 2.09. The quantitative estimate of drug-likeness (QED) is 0.921. The molecule has 0 fully saturated rings. The Hall–Kier alpha value is -2.21. The molecule has 0 aliphatic rings. The van der Waals surface area contributed by atoms with Gasteiger partial charge in [0.05, 0.1) is 0 Å². The second kappa shape index (κ2) is 7.17. The normalized spacial score (nSPS) is 10.3. The number of hydrogen-bond acceptors (Lipinski definition) is 4. The lowest BCUT2D eigenvalue weighted by atomic mass is 10.1.